The molecule has 0 heterocycles. The summed E-state index contributed by atoms with van der Waals surface area (Å²) in [6.07, 6.45) is 0. The highest BCUT2D eigenvalue weighted by Gasteiger charge is 2.18. The van der Waals surface area contributed by atoms with Gasteiger partial charge in [0.1, 0.15) is 0 Å². The molecule has 2 aromatic carbocycles. The maximum atomic E-state index is 11.6. The summed E-state index contributed by atoms with van der Waals surface area (Å²) in [5.41, 5.74) is 0.204. The Morgan fingerprint density at radius 3 is 2.38 bits per heavy atom. The van der Waals surface area contributed by atoms with Crippen LogP contribution in [-0.2, 0) is 9.05 Å². The van der Waals surface area contributed by atoms with Crippen molar-refractivity contribution in [3.8, 4) is 6.07 Å². The van der Waals surface area contributed by atoms with E-state index in [9.17, 15) is 8.42 Å². The number of nitriles is 1. The van der Waals surface area contributed by atoms with E-state index in [2.05, 4.69) is 0 Å². The summed E-state index contributed by atoms with van der Waals surface area (Å²) in [5.74, 6) is 0. The number of rotatable bonds is 3. The van der Waals surface area contributed by atoms with Gasteiger partial charge in [-0.05, 0) is 36.4 Å². The van der Waals surface area contributed by atoms with E-state index in [1.807, 2.05) is 6.07 Å². The van der Waals surface area contributed by atoms with Crippen LogP contribution in [0.2, 0.25) is 10.0 Å². The number of benzene rings is 2. The molecule has 0 aromatic heterocycles. The van der Waals surface area contributed by atoms with Crippen molar-refractivity contribution in [2.75, 3.05) is 0 Å². The zero-order valence-electron chi connectivity index (χ0n) is 10.2. The molecule has 0 aliphatic heterocycles. The average Bonchev–Trinajstić information content (AvgIpc) is 2.42. The highest BCUT2D eigenvalue weighted by Crippen LogP contribution is 2.39. The third kappa shape index (κ3) is 4.06. The summed E-state index contributed by atoms with van der Waals surface area (Å²) in [7, 11) is 1.44. The van der Waals surface area contributed by atoms with Crippen LogP contribution in [0.3, 0.4) is 0 Å². The molecule has 0 bridgehead atoms. The summed E-state index contributed by atoms with van der Waals surface area (Å²) in [6.45, 7) is 0. The summed E-state index contributed by atoms with van der Waals surface area (Å²) < 4.78 is 23.3. The Hall–Kier alpha value is -0.900. The second-order valence-electron chi connectivity index (χ2n) is 3.89. The molecule has 0 aliphatic carbocycles. The molecule has 0 aliphatic rings. The van der Waals surface area contributed by atoms with E-state index in [0.717, 1.165) is 11.8 Å². The molecule has 0 fully saturated rings. The summed E-state index contributed by atoms with van der Waals surface area (Å²) in [4.78, 5) is 0.827. The van der Waals surface area contributed by atoms with Gasteiger partial charge in [-0.1, -0.05) is 35.0 Å². The van der Waals surface area contributed by atoms with Crippen LogP contribution in [0.15, 0.2) is 51.1 Å². The van der Waals surface area contributed by atoms with Crippen LogP contribution in [0.25, 0.3) is 0 Å². The quantitative estimate of drug-likeness (QED) is 0.709. The van der Waals surface area contributed by atoms with Crippen LogP contribution in [0.5, 0.6) is 0 Å². The molecular formula is C13H6Cl3NO2S2. The van der Waals surface area contributed by atoms with E-state index in [1.165, 1.54) is 18.2 Å². The largest absolute Gasteiger partial charge is 0.262 e. The van der Waals surface area contributed by atoms with Crippen molar-refractivity contribution in [2.24, 2.45) is 0 Å². The molecular weight excluding hydrogens is 373 g/mol. The van der Waals surface area contributed by atoms with Gasteiger partial charge in [-0.15, -0.1) is 0 Å². The molecule has 2 aromatic rings. The molecule has 0 saturated carbocycles. The van der Waals surface area contributed by atoms with Crippen molar-refractivity contribution < 1.29 is 8.42 Å². The first kappa shape index (κ1) is 16.5. The van der Waals surface area contributed by atoms with E-state index in [4.69, 9.17) is 39.1 Å². The molecule has 0 saturated heterocycles. The van der Waals surface area contributed by atoms with Crippen molar-refractivity contribution in [1.82, 2.24) is 0 Å². The Morgan fingerprint density at radius 2 is 1.76 bits per heavy atom. The molecule has 2 rings (SSSR count). The van der Waals surface area contributed by atoms with Gasteiger partial charge in [0.25, 0.3) is 9.05 Å². The van der Waals surface area contributed by atoms with Crippen LogP contribution in [0, 0.1) is 11.3 Å². The molecule has 0 unspecified atom stereocenters. The van der Waals surface area contributed by atoms with Crippen molar-refractivity contribution in [3.05, 3.63) is 52.0 Å². The van der Waals surface area contributed by atoms with Gasteiger partial charge in [-0.25, -0.2) is 8.42 Å². The van der Waals surface area contributed by atoms with Gasteiger partial charge in [0.05, 0.1) is 21.6 Å². The monoisotopic (exact) mass is 377 g/mol. The SMILES string of the molecule is N#Cc1ccc(Sc2cc(Cl)ccc2Cl)c(S(=O)(=O)Cl)c1. The standard InChI is InChI=1S/C13H6Cl3NO2S2/c14-9-2-3-10(15)12(6-9)20-11-4-1-8(7-17)5-13(11)21(16,18)19/h1-6H. The second kappa shape index (κ2) is 6.47. The van der Waals surface area contributed by atoms with Crippen molar-refractivity contribution in [1.29, 1.82) is 5.26 Å². The minimum Gasteiger partial charge on any atom is -0.207 e. The lowest BCUT2D eigenvalue weighted by atomic mass is 10.2. The Morgan fingerprint density at radius 1 is 1.05 bits per heavy atom. The molecule has 3 nitrogen and oxygen atoms in total. The molecule has 108 valence electrons. The summed E-state index contributed by atoms with van der Waals surface area (Å²) in [6, 6.07) is 11.0. The zero-order chi connectivity index (χ0) is 15.6. The smallest absolute Gasteiger partial charge is 0.207 e. The molecule has 0 atom stereocenters. The lowest BCUT2D eigenvalue weighted by Gasteiger charge is -2.08. The van der Waals surface area contributed by atoms with E-state index in [0.29, 0.717) is 19.8 Å². The van der Waals surface area contributed by atoms with Crippen LogP contribution in [-0.4, -0.2) is 8.42 Å². The van der Waals surface area contributed by atoms with Gasteiger partial charge in [-0.2, -0.15) is 5.26 Å². The first-order valence-electron chi connectivity index (χ1n) is 5.43. The minimum absolute atomic E-state index is 0.135. The van der Waals surface area contributed by atoms with Gasteiger partial charge in [0.15, 0.2) is 0 Å². The molecule has 8 heteroatoms. The predicted octanol–water partition coefficient (Wildman–Crippen LogP) is 4.94. The Balaban J connectivity index is 2.55. The second-order valence-corrected chi connectivity index (χ2v) is 8.35. The predicted molar refractivity (Wildman–Crippen MR) is 84.8 cm³/mol. The van der Waals surface area contributed by atoms with Gasteiger partial charge >= 0.3 is 0 Å². The number of halogens is 3. The Kier molecular flexibility index (Phi) is 5.07. The lowest BCUT2D eigenvalue weighted by Crippen LogP contribution is -1.95. The van der Waals surface area contributed by atoms with Gasteiger partial charge < -0.3 is 0 Å². The molecule has 0 amide bonds. The van der Waals surface area contributed by atoms with Gasteiger partial charge in [0, 0.05) is 25.5 Å². The molecule has 21 heavy (non-hydrogen) atoms. The van der Waals surface area contributed by atoms with E-state index in [1.54, 1.807) is 18.2 Å². The fourth-order valence-corrected chi connectivity index (χ4v) is 4.43. The van der Waals surface area contributed by atoms with Crippen LogP contribution in [0.4, 0.5) is 0 Å². The summed E-state index contributed by atoms with van der Waals surface area (Å²) in [5, 5.41) is 9.77. The number of hydrogen-bond donors (Lipinski definition) is 0. The third-order valence-corrected chi connectivity index (χ3v) is 5.75. The van der Waals surface area contributed by atoms with Crippen LogP contribution >= 0.6 is 45.6 Å². The van der Waals surface area contributed by atoms with Crippen LogP contribution in [0.1, 0.15) is 5.56 Å². The van der Waals surface area contributed by atoms with E-state index >= 15 is 0 Å². The normalized spacial score (nSPS) is 11.1. The maximum absolute atomic E-state index is 11.6. The molecule has 0 N–H and O–H groups in total. The zero-order valence-corrected chi connectivity index (χ0v) is 14.1. The number of nitrogens with zero attached hydrogens (tertiary/aromatic N) is 1. The van der Waals surface area contributed by atoms with E-state index < -0.39 is 9.05 Å². The first-order chi connectivity index (χ1) is 9.81. The topological polar surface area (TPSA) is 57.9 Å². The van der Waals surface area contributed by atoms with Crippen molar-refractivity contribution in [2.45, 2.75) is 14.7 Å². The first-order valence-corrected chi connectivity index (χ1v) is 9.31. The van der Waals surface area contributed by atoms with Gasteiger partial charge in [0.2, 0.25) is 0 Å². The number of hydrogen-bond acceptors (Lipinski definition) is 4. The third-order valence-electron chi connectivity index (χ3n) is 2.45. The molecule has 0 radical (unpaired) electrons. The van der Waals surface area contributed by atoms with Crippen molar-refractivity contribution in [3.63, 3.8) is 0 Å². The lowest BCUT2D eigenvalue weighted by molar-refractivity contribution is 0.607. The summed E-state index contributed by atoms with van der Waals surface area (Å²) >= 11 is 13.1. The van der Waals surface area contributed by atoms with Crippen molar-refractivity contribution >= 4 is 54.7 Å². The Labute approximate surface area is 140 Å². The Bertz CT molecular complexity index is 845. The fourth-order valence-electron chi connectivity index (χ4n) is 1.53. The molecule has 0 spiro atoms. The average molecular weight is 379 g/mol. The van der Waals surface area contributed by atoms with E-state index in [-0.39, 0.29) is 10.5 Å². The highest BCUT2D eigenvalue weighted by atomic mass is 35.7. The minimum atomic E-state index is -3.98. The fraction of sp³-hybridized carbons (Fsp3) is 0. The maximum Gasteiger partial charge on any atom is 0.262 e. The van der Waals surface area contributed by atoms with Gasteiger partial charge in [-0.3, -0.25) is 0 Å². The highest BCUT2D eigenvalue weighted by molar-refractivity contribution is 8.14. The van der Waals surface area contributed by atoms with Crippen LogP contribution < -0.4 is 0 Å².